The zero-order valence-electron chi connectivity index (χ0n) is 28.5. The molecule has 4 aromatic rings. The first kappa shape index (κ1) is 39.5. The Morgan fingerprint density at radius 3 is 2.15 bits per heavy atom. The lowest BCUT2D eigenvalue weighted by Crippen LogP contribution is -2.49. The first-order valence-corrected chi connectivity index (χ1v) is 17.8. The summed E-state index contributed by atoms with van der Waals surface area (Å²) >= 11 is 5.83. The van der Waals surface area contributed by atoms with Crippen LogP contribution in [0.2, 0.25) is 5.02 Å². The highest BCUT2D eigenvalue weighted by Crippen LogP contribution is 2.42. The number of rotatable bonds is 12. The molecule has 1 heterocycles. The van der Waals surface area contributed by atoms with Crippen molar-refractivity contribution < 1.29 is 54.2 Å². The number of nitrogens with zero attached hydrogens (tertiary/aromatic N) is 2. The molecule has 1 saturated carbocycles. The lowest BCUT2D eigenvalue weighted by Gasteiger charge is -2.31. The molecule has 1 amide bonds. The highest BCUT2D eigenvalue weighted by molar-refractivity contribution is 7.89. The Kier molecular flexibility index (Phi) is 11.2. The SMILES string of the molecule is COc1cc(C(=O)O)ccc1NC(=O)C(Cc1cc(C2CC2)cc(C(C)(C)C)c1)N(Cc1ncc(Cl)cc1F)S(=O)(=O)c1c(F)c(F)c(F)c(F)c1F. The van der Waals surface area contributed by atoms with E-state index in [1.165, 1.54) is 0 Å². The topological polar surface area (TPSA) is 126 Å². The third-order valence-electron chi connectivity index (χ3n) is 8.64. The number of halogens is 7. The van der Waals surface area contributed by atoms with Crippen molar-refractivity contribution in [3.05, 3.63) is 117 Å². The van der Waals surface area contributed by atoms with Gasteiger partial charge in [-0.1, -0.05) is 50.6 Å². The summed E-state index contributed by atoms with van der Waals surface area (Å²) in [6, 6.07) is 7.26. The van der Waals surface area contributed by atoms with Crippen molar-refractivity contribution in [1.29, 1.82) is 0 Å². The van der Waals surface area contributed by atoms with Gasteiger partial charge in [0.05, 0.1) is 35.6 Å². The van der Waals surface area contributed by atoms with Crippen LogP contribution in [0.3, 0.4) is 0 Å². The first-order valence-electron chi connectivity index (χ1n) is 15.9. The summed E-state index contributed by atoms with van der Waals surface area (Å²) in [6.45, 7) is 4.48. The number of carbonyl (C=O) groups excluding carboxylic acids is 1. The van der Waals surface area contributed by atoms with Gasteiger partial charge in [0.1, 0.15) is 17.6 Å². The summed E-state index contributed by atoms with van der Waals surface area (Å²) in [6.07, 6.45) is 2.05. The second-order valence-corrected chi connectivity index (χ2v) is 15.7. The van der Waals surface area contributed by atoms with E-state index in [1.807, 2.05) is 26.8 Å². The lowest BCUT2D eigenvalue weighted by molar-refractivity contribution is -0.120. The van der Waals surface area contributed by atoms with E-state index in [0.717, 1.165) is 61.5 Å². The van der Waals surface area contributed by atoms with E-state index in [0.29, 0.717) is 5.56 Å². The molecule has 1 unspecified atom stereocenters. The number of carboxylic acid groups (broad SMARTS) is 1. The Balaban J connectivity index is 1.76. The molecular weight excluding hydrogens is 752 g/mol. The van der Waals surface area contributed by atoms with Crippen LogP contribution in [0.25, 0.3) is 0 Å². The molecule has 53 heavy (non-hydrogen) atoms. The summed E-state index contributed by atoms with van der Waals surface area (Å²) in [7, 11) is -4.81. The molecule has 3 aromatic carbocycles. The van der Waals surface area contributed by atoms with Gasteiger partial charge < -0.3 is 15.2 Å². The second-order valence-electron chi connectivity index (χ2n) is 13.4. The molecular formula is C36H32ClF6N3O6S. The fourth-order valence-corrected chi connectivity index (χ4v) is 7.42. The Morgan fingerprint density at radius 2 is 1.60 bits per heavy atom. The highest BCUT2D eigenvalue weighted by atomic mass is 35.5. The van der Waals surface area contributed by atoms with Gasteiger partial charge in [-0.05, 0) is 71.6 Å². The number of aromatic nitrogens is 1. The zero-order valence-corrected chi connectivity index (χ0v) is 30.1. The quantitative estimate of drug-likeness (QED) is 0.0851. The number of benzene rings is 3. The van der Waals surface area contributed by atoms with Crippen molar-refractivity contribution in [2.75, 3.05) is 12.4 Å². The average Bonchev–Trinajstić information content (AvgIpc) is 3.94. The van der Waals surface area contributed by atoms with Crippen LogP contribution in [0.4, 0.5) is 32.0 Å². The van der Waals surface area contributed by atoms with E-state index in [2.05, 4.69) is 10.3 Å². The number of anilines is 1. The highest BCUT2D eigenvalue weighted by Gasteiger charge is 2.43. The molecule has 5 rings (SSSR count). The molecule has 1 aliphatic rings. The van der Waals surface area contributed by atoms with Gasteiger partial charge in [0.15, 0.2) is 28.2 Å². The van der Waals surface area contributed by atoms with Crippen molar-refractivity contribution in [1.82, 2.24) is 9.29 Å². The number of carboxylic acids is 1. The maximum absolute atomic E-state index is 15.3. The maximum Gasteiger partial charge on any atom is 0.335 e. The minimum absolute atomic E-state index is 0.0958. The third-order valence-corrected chi connectivity index (χ3v) is 10.7. The average molecular weight is 784 g/mol. The summed E-state index contributed by atoms with van der Waals surface area (Å²) in [5, 5.41) is 11.6. The number of hydrogen-bond donors (Lipinski definition) is 2. The third kappa shape index (κ3) is 8.29. The van der Waals surface area contributed by atoms with E-state index >= 15 is 13.2 Å². The minimum atomic E-state index is -5.96. The van der Waals surface area contributed by atoms with E-state index in [9.17, 15) is 36.3 Å². The molecule has 1 aliphatic carbocycles. The molecule has 9 nitrogen and oxygen atoms in total. The molecule has 1 atom stereocenters. The van der Waals surface area contributed by atoms with Crippen LogP contribution >= 0.6 is 11.6 Å². The minimum Gasteiger partial charge on any atom is -0.495 e. The van der Waals surface area contributed by atoms with Crippen LogP contribution in [0.15, 0.2) is 53.6 Å². The first-order chi connectivity index (χ1) is 24.7. The smallest absolute Gasteiger partial charge is 0.335 e. The molecule has 17 heteroatoms. The van der Waals surface area contributed by atoms with Gasteiger partial charge in [-0.25, -0.2) is 39.6 Å². The fraction of sp³-hybridized carbons (Fsp3) is 0.306. The second kappa shape index (κ2) is 15.0. The lowest BCUT2D eigenvalue weighted by atomic mass is 9.83. The normalized spacial score (nSPS) is 14.0. The molecule has 0 spiro atoms. The number of pyridine rings is 1. The largest absolute Gasteiger partial charge is 0.495 e. The van der Waals surface area contributed by atoms with Crippen LogP contribution in [0.1, 0.15) is 72.3 Å². The van der Waals surface area contributed by atoms with Gasteiger partial charge in [0.25, 0.3) is 0 Å². The van der Waals surface area contributed by atoms with Crippen molar-refractivity contribution in [3.8, 4) is 5.75 Å². The molecule has 282 valence electrons. The van der Waals surface area contributed by atoms with Gasteiger partial charge >= 0.3 is 5.97 Å². The van der Waals surface area contributed by atoms with Crippen molar-refractivity contribution in [2.24, 2.45) is 0 Å². The van der Waals surface area contributed by atoms with E-state index in [4.69, 9.17) is 16.3 Å². The van der Waals surface area contributed by atoms with Crippen molar-refractivity contribution in [3.63, 3.8) is 0 Å². The Hall–Kier alpha value is -4.67. The van der Waals surface area contributed by atoms with Crippen LogP contribution in [-0.4, -0.2) is 47.8 Å². The van der Waals surface area contributed by atoms with Crippen LogP contribution in [0, 0.1) is 34.9 Å². The summed E-state index contributed by atoms with van der Waals surface area (Å²) in [5.41, 5.74) is 0.370. The van der Waals surface area contributed by atoms with Gasteiger partial charge in [0.2, 0.25) is 21.7 Å². The van der Waals surface area contributed by atoms with Gasteiger partial charge in [-0.15, -0.1) is 0 Å². The number of amides is 1. The number of nitrogens with one attached hydrogen (secondary N) is 1. The van der Waals surface area contributed by atoms with Crippen LogP contribution in [0.5, 0.6) is 5.75 Å². The summed E-state index contributed by atoms with van der Waals surface area (Å²) < 4.78 is 123. The number of ether oxygens (including phenoxy) is 1. The molecule has 0 aliphatic heterocycles. The summed E-state index contributed by atoms with van der Waals surface area (Å²) in [5.74, 6) is -17.0. The van der Waals surface area contributed by atoms with Gasteiger partial charge in [-0.3, -0.25) is 9.78 Å². The molecule has 1 fully saturated rings. The Bertz CT molecular complexity index is 2200. The van der Waals surface area contributed by atoms with Gasteiger partial charge in [0, 0.05) is 6.20 Å². The van der Waals surface area contributed by atoms with Crippen molar-refractivity contribution >= 4 is 39.2 Å². The number of methoxy groups -OCH3 is 1. The molecule has 1 aromatic heterocycles. The fourth-order valence-electron chi connectivity index (χ4n) is 5.61. The number of carbonyl (C=O) groups is 2. The van der Waals surface area contributed by atoms with E-state index in [-0.39, 0.29) is 32.2 Å². The van der Waals surface area contributed by atoms with Gasteiger partial charge in [-0.2, -0.15) is 4.31 Å². The van der Waals surface area contributed by atoms with Crippen molar-refractivity contribution in [2.45, 2.75) is 68.8 Å². The van der Waals surface area contributed by atoms with E-state index < -0.39 is 91.8 Å². The summed E-state index contributed by atoms with van der Waals surface area (Å²) in [4.78, 5) is 27.5. The number of hydrogen-bond acceptors (Lipinski definition) is 6. The molecule has 0 radical (unpaired) electrons. The number of sulfonamides is 1. The Morgan fingerprint density at radius 1 is 0.981 bits per heavy atom. The zero-order chi connectivity index (χ0) is 39.2. The Labute approximate surface area is 305 Å². The standard InChI is InChI=1S/C36H32ClF6N3O6S/c1-36(2,3)21-10-17(9-20(12-21)18-5-6-18)11-26(34(47)45-24-8-7-19(35(48)49)13-27(24)52-4)46(16-25-23(38)14-22(37)15-44-25)53(50,51)33-31(42)29(40)28(39)30(41)32(33)43/h7-10,12-15,18,26H,5-6,11,16H2,1-4H3,(H,45,47)(H,48,49). The number of aromatic carboxylic acids is 1. The molecule has 2 N–H and O–H groups in total. The maximum atomic E-state index is 15.3. The van der Waals surface area contributed by atoms with Crippen LogP contribution < -0.4 is 10.1 Å². The predicted octanol–water partition coefficient (Wildman–Crippen LogP) is 7.89. The molecule has 0 bridgehead atoms. The van der Waals surface area contributed by atoms with E-state index in [1.54, 1.807) is 12.1 Å². The predicted molar refractivity (Wildman–Crippen MR) is 181 cm³/mol. The molecule has 0 saturated heterocycles. The van der Waals surface area contributed by atoms with Crippen LogP contribution in [-0.2, 0) is 33.2 Å². The monoisotopic (exact) mass is 783 g/mol.